The lowest BCUT2D eigenvalue weighted by molar-refractivity contribution is 0.172. The van der Waals surface area contributed by atoms with Gasteiger partial charge in [-0.05, 0) is 17.6 Å². The van der Waals surface area contributed by atoms with E-state index in [4.69, 9.17) is 19.5 Å². The van der Waals surface area contributed by atoms with Crippen LogP contribution in [0.5, 0.6) is 5.75 Å². The van der Waals surface area contributed by atoms with Crippen molar-refractivity contribution in [3.05, 3.63) is 24.0 Å². The van der Waals surface area contributed by atoms with Crippen molar-refractivity contribution in [1.29, 1.82) is 0 Å². The molecule has 0 atom stereocenters. The van der Waals surface area contributed by atoms with E-state index < -0.39 is 12.9 Å². The normalized spacial score (nSPS) is 10.2. The van der Waals surface area contributed by atoms with E-state index in [2.05, 4.69) is 0 Å². The first-order valence-corrected chi connectivity index (χ1v) is 4.92. The summed E-state index contributed by atoms with van der Waals surface area (Å²) in [6, 6.07) is 3.63. The summed E-state index contributed by atoms with van der Waals surface area (Å²) in [6.45, 7) is 0.947. The van der Waals surface area contributed by atoms with Crippen LogP contribution in [0.3, 0.4) is 0 Å². The second kappa shape index (κ2) is 6.47. The van der Waals surface area contributed by atoms with Crippen molar-refractivity contribution >= 4 is 12.6 Å². The second-order valence-corrected chi connectivity index (χ2v) is 3.29. The van der Waals surface area contributed by atoms with Crippen molar-refractivity contribution in [2.24, 2.45) is 0 Å². The molecule has 0 saturated carbocycles. The van der Waals surface area contributed by atoms with E-state index in [1.54, 1.807) is 7.11 Å². The maximum atomic E-state index is 13.0. The highest BCUT2D eigenvalue weighted by Crippen LogP contribution is 2.11. The first-order chi connectivity index (χ1) is 7.63. The fourth-order valence-corrected chi connectivity index (χ4v) is 1.21. The van der Waals surface area contributed by atoms with E-state index in [-0.39, 0.29) is 11.2 Å². The van der Waals surface area contributed by atoms with Crippen LogP contribution in [0.4, 0.5) is 4.39 Å². The van der Waals surface area contributed by atoms with Gasteiger partial charge in [-0.15, -0.1) is 0 Å². The Hall–Kier alpha value is -1.11. The highest BCUT2D eigenvalue weighted by Gasteiger charge is 2.13. The van der Waals surface area contributed by atoms with Crippen LogP contribution in [0.2, 0.25) is 0 Å². The fourth-order valence-electron chi connectivity index (χ4n) is 1.21. The van der Waals surface area contributed by atoms with E-state index in [1.807, 2.05) is 0 Å². The Balaban J connectivity index is 2.58. The van der Waals surface area contributed by atoms with Crippen molar-refractivity contribution in [2.45, 2.75) is 6.42 Å². The van der Waals surface area contributed by atoms with Crippen LogP contribution >= 0.6 is 0 Å². The largest absolute Gasteiger partial charge is 0.493 e. The molecule has 0 amide bonds. The SMILES string of the molecule is COCCCOc1cc(F)cc(B(O)O)c1. The van der Waals surface area contributed by atoms with Gasteiger partial charge in [0, 0.05) is 26.2 Å². The maximum Gasteiger partial charge on any atom is 0.488 e. The number of hydrogen-bond donors (Lipinski definition) is 2. The number of rotatable bonds is 6. The van der Waals surface area contributed by atoms with Gasteiger partial charge in [0.05, 0.1) is 6.61 Å². The standard InChI is InChI=1S/C10H14BFO4/c1-15-3-2-4-16-10-6-8(11(13)14)5-9(12)7-10/h5-7,13-14H,2-4H2,1H3. The van der Waals surface area contributed by atoms with Gasteiger partial charge in [-0.1, -0.05) is 0 Å². The van der Waals surface area contributed by atoms with Crippen molar-refractivity contribution < 1.29 is 23.9 Å². The topological polar surface area (TPSA) is 58.9 Å². The van der Waals surface area contributed by atoms with Crippen molar-refractivity contribution in [3.8, 4) is 5.75 Å². The third-order valence-electron chi connectivity index (χ3n) is 1.95. The van der Waals surface area contributed by atoms with Gasteiger partial charge in [0.25, 0.3) is 0 Å². The Kier molecular flexibility index (Phi) is 5.24. The summed E-state index contributed by atoms with van der Waals surface area (Å²) in [6.07, 6.45) is 0.685. The monoisotopic (exact) mass is 228 g/mol. The van der Waals surface area contributed by atoms with Gasteiger partial charge in [-0.3, -0.25) is 0 Å². The van der Waals surface area contributed by atoms with Crippen molar-refractivity contribution in [2.75, 3.05) is 20.3 Å². The molecule has 0 bridgehead atoms. The highest BCUT2D eigenvalue weighted by atomic mass is 19.1. The molecule has 0 heterocycles. The molecule has 0 unspecified atom stereocenters. The molecule has 0 fully saturated rings. The Bertz CT molecular complexity index is 333. The third-order valence-corrected chi connectivity index (χ3v) is 1.95. The summed E-state index contributed by atoms with van der Waals surface area (Å²) >= 11 is 0. The number of ether oxygens (including phenoxy) is 2. The summed E-state index contributed by atoms with van der Waals surface area (Å²) in [4.78, 5) is 0. The van der Waals surface area contributed by atoms with Crippen LogP contribution in [0.1, 0.15) is 6.42 Å². The summed E-state index contributed by atoms with van der Waals surface area (Å²) in [7, 11) is -0.111. The lowest BCUT2D eigenvalue weighted by Crippen LogP contribution is -2.30. The minimum Gasteiger partial charge on any atom is -0.493 e. The molecule has 4 nitrogen and oxygen atoms in total. The van der Waals surface area contributed by atoms with E-state index in [9.17, 15) is 4.39 Å². The average Bonchev–Trinajstić information content (AvgIpc) is 2.23. The zero-order chi connectivity index (χ0) is 12.0. The Morgan fingerprint density at radius 1 is 1.25 bits per heavy atom. The van der Waals surface area contributed by atoms with Crippen molar-refractivity contribution in [1.82, 2.24) is 0 Å². The molecule has 0 aliphatic carbocycles. The predicted octanol–water partition coefficient (Wildman–Crippen LogP) is -0.0792. The molecule has 6 heteroatoms. The van der Waals surface area contributed by atoms with E-state index in [0.717, 1.165) is 6.07 Å². The molecule has 16 heavy (non-hydrogen) atoms. The molecule has 0 aliphatic heterocycles. The molecule has 1 rings (SSSR count). The van der Waals surface area contributed by atoms with Gasteiger partial charge < -0.3 is 19.5 Å². The van der Waals surface area contributed by atoms with Crippen LogP contribution in [-0.2, 0) is 4.74 Å². The number of benzene rings is 1. The van der Waals surface area contributed by atoms with Gasteiger partial charge in [0.1, 0.15) is 11.6 Å². The first-order valence-electron chi connectivity index (χ1n) is 4.92. The molecule has 0 aliphatic rings. The molecule has 0 spiro atoms. The van der Waals surface area contributed by atoms with Crippen LogP contribution in [0.15, 0.2) is 18.2 Å². The van der Waals surface area contributed by atoms with E-state index >= 15 is 0 Å². The number of methoxy groups -OCH3 is 1. The minimum absolute atomic E-state index is 0.0711. The van der Waals surface area contributed by atoms with Crippen LogP contribution in [0, 0.1) is 5.82 Å². The van der Waals surface area contributed by atoms with Crippen LogP contribution in [-0.4, -0.2) is 37.5 Å². The van der Waals surface area contributed by atoms with Crippen LogP contribution < -0.4 is 10.2 Å². The summed E-state index contributed by atoms with van der Waals surface area (Å²) in [5, 5.41) is 17.8. The van der Waals surface area contributed by atoms with Gasteiger partial charge in [0.15, 0.2) is 0 Å². The molecule has 0 saturated heterocycles. The molecule has 1 aromatic rings. The lowest BCUT2D eigenvalue weighted by Gasteiger charge is -2.08. The van der Waals surface area contributed by atoms with Crippen molar-refractivity contribution in [3.63, 3.8) is 0 Å². The molecule has 88 valence electrons. The van der Waals surface area contributed by atoms with Gasteiger partial charge in [0.2, 0.25) is 0 Å². The first kappa shape index (κ1) is 13.0. The minimum atomic E-state index is -1.70. The zero-order valence-electron chi connectivity index (χ0n) is 9.02. The fraction of sp³-hybridized carbons (Fsp3) is 0.400. The molecule has 2 N–H and O–H groups in total. The quantitative estimate of drug-likeness (QED) is 0.528. The molecule has 0 aromatic heterocycles. The Morgan fingerprint density at radius 3 is 2.62 bits per heavy atom. The highest BCUT2D eigenvalue weighted by molar-refractivity contribution is 6.58. The van der Waals surface area contributed by atoms with E-state index in [1.165, 1.54) is 12.1 Å². The molecule has 0 radical (unpaired) electrons. The summed E-state index contributed by atoms with van der Waals surface area (Å²) < 4.78 is 23.1. The molecule has 1 aromatic carbocycles. The smallest absolute Gasteiger partial charge is 0.488 e. The Morgan fingerprint density at radius 2 is 2.00 bits per heavy atom. The summed E-state index contributed by atoms with van der Waals surface area (Å²) in [5.41, 5.74) is 0.0711. The average molecular weight is 228 g/mol. The number of hydrogen-bond acceptors (Lipinski definition) is 4. The lowest BCUT2D eigenvalue weighted by atomic mass is 9.80. The van der Waals surface area contributed by atoms with E-state index in [0.29, 0.717) is 19.6 Å². The van der Waals surface area contributed by atoms with Gasteiger partial charge >= 0.3 is 7.12 Å². The summed E-state index contributed by atoms with van der Waals surface area (Å²) in [5.74, 6) is -0.286. The predicted molar refractivity (Wildman–Crippen MR) is 58.2 cm³/mol. The zero-order valence-corrected chi connectivity index (χ0v) is 9.02. The van der Waals surface area contributed by atoms with Gasteiger partial charge in [-0.2, -0.15) is 0 Å². The third kappa shape index (κ3) is 4.18. The molecular weight excluding hydrogens is 214 g/mol. The van der Waals surface area contributed by atoms with Gasteiger partial charge in [-0.25, -0.2) is 4.39 Å². The number of halogens is 1. The maximum absolute atomic E-state index is 13.0. The Labute approximate surface area is 93.8 Å². The second-order valence-electron chi connectivity index (χ2n) is 3.29. The van der Waals surface area contributed by atoms with Crippen LogP contribution in [0.25, 0.3) is 0 Å². The molecular formula is C10H14BFO4.